The average molecular weight is 283 g/mol. The summed E-state index contributed by atoms with van der Waals surface area (Å²) < 4.78 is 51.1. The fraction of sp³-hybridized carbons (Fsp3) is 0.0769. The van der Waals surface area contributed by atoms with Gasteiger partial charge in [-0.25, -0.2) is 17.2 Å². The molecule has 6 heteroatoms. The Hall–Kier alpha value is -1.95. The van der Waals surface area contributed by atoms with Gasteiger partial charge in [0.05, 0.1) is 16.3 Å². The summed E-state index contributed by atoms with van der Waals surface area (Å²) in [5, 5.41) is 0. The third kappa shape index (κ3) is 2.73. The van der Waals surface area contributed by atoms with E-state index in [1.54, 1.807) is 6.07 Å². The smallest absolute Gasteiger partial charge is 0.184 e. The van der Waals surface area contributed by atoms with E-state index in [1.807, 2.05) is 0 Å². The number of halogens is 2. The van der Waals surface area contributed by atoms with Gasteiger partial charge in [-0.05, 0) is 24.3 Å². The standard InChI is InChI=1S/C13H11F2NO2S/c14-10-4-3-5-11(15)9(10)8-19(17,18)13-7-2-1-6-12(13)16/h1-7H,8,16H2. The second-order valence-electron chi connectivity index (χ2n) is 4.00. The molecule has 0 unspecified atom stereocenters. The highest BCUT2D eigenvalue weighted by molar-refractivity contribution is 7.90. The topological polar surface area (TPSA) is 60.2 Å². The predicted molar refractivity (Wildman–Crippen MR) is 68.1 cm³/mol. The first kappa shape index (κ1) is 13.5. The van der Waals surface area contributed by atoms with Gasteiger partial charge in [-0.3, -0.25) is 0 Å². The largest absolute Gasteiger partial charge is 0.398 e. The number of nitrogen functional groups attached to an aromatic ring is 1. The zero-order valence-corrected chi connectivity index (χ0v) is 10.6. The van der Waals surface area contributed by atoms with Crippen molar-refractivity contribution in [3.05, 3.63) is 59.7 Å². The van der Waals surface area contributed by atoms with Crippen LogP contribution in [0.4, 0.5) is 14.5 Å². The summed E-state index contributed by atoms with van der Waals surface area (Å²) >= 11 is 0. The maximum atomic E-state index is 13.5. The first-order valence-electron chi connectivity index (χ1n) is 5.42. The summed E-state index contributed by atoms with van der Waals surface area (Å²) in [5.74, 6) is -2.55. The molecule has 0 atom stereocenters. The highest BCUT2D eigenvalue weighted by atomic mass is 32.2. The Bertz CT molecular complexity index is 694. The molecular formula is C13H11F2NO2S. The second kappa shape index (κ2) is 4.97. The van der Waals surface area contributed by atoms with E-state index in [2.05, 4.69) is 0 Å². The van der Waals surface area contributed by atoms with Crippen molar-refractivity contribution in [1.29, 1.82) is 0 Å². The summed E-state index contributed by atoms with van der Waals surface area (Å²) in [6, 6.07) is 9.02. The summed E-state index contributed by atoms with van der Waals surface area (Å²) in [4.78, 5) is -0.127. The molecule has 0 bridgehead atoms. The summed E-state index contributed by atoms with van der Waals surface area (Å²) in [7, 11) is -3.89. The molecule has 0 saturated heterocycles. The average Bonchev–Trinajstić information content (AvgIpc) is 2.34. The van der Waals surface area contributed by atoms with E-state index in [0.29, 0.717) is 0 Å². The van der Waals surface area contributed by atoms with Crippen molar-refractivity contribution in [2.24, 2.45) is 0 Å². The van der Waals surface area contributed by atoms with Crippen LogP contribution in [0.15, 0.2) is 47.4 Å². The Balaban J connectivity index is 2.46. The Morgan fingerprint density at radius 1 is 0.947 bits per heavy atom. The van der Waals surface area contributed by atoms with E-state index in [4.69, 9.17) is 5.73 Å². The normalized spacial score (nSPS) is 11.5. The van der Waals surface area contributed by atoms with Crippen LogP contribution in [-0.2, 0) is 15.6 Å². The van der Waals surface area contributed by atoms with Crippen molar-refractivity contribution in [3.63, 3.8) is 0 Å². The van der Waals surface area contributed by atoms with E-state index in [9.17, 15) is 17.2 Å². The van der Waals surface area contributed by atoms with Crippen LogP contribution in [0.1, 0.15) is 5.56 Å². The van der Waals surface area contributed by atoms with Gasteiger partial charge >= 0.3 is 0 Å². The molecular weight excluding hydrogens is 272 g/mol. The van der Waals surface area contributed by atoms with E-state index >= 15 is 0 Å². The monoisotopic (exact) mass is 283 g/mol. The molecule has 0 radical (unpaired) electrons. The zero-order valence-electron chi connectivity index (χ0n) is 9.81. The second-order valence-corrected chi connectivity index (χ2v) is 5.96. The van der Waals surface area contributed by atoms with Crippen LogP contribution >= 0.6 is 0 Å². The molecule has 2 N–H and O–H groups in total. The molecule has 0 heterocycles. The summed E-state index contributed by atoms with van der Waals surface area (Å²) in [6.07, 6.45) is 0. The minimum Gasteiger partial charge on any atom is -0.398 e. The van der Waals surface area contributed by atoms with Gasteiger partial charge in [-0.15, -0.1) is 0 Å². The third-order valence-electron chi connectivity index (χ3n) is 2.65. The van der Waals surface area contributed by atoms with Crippen LogP contribution in [0.3, 0.4) is 0 Å². The number of para-hydroxylation sites is 1. The lowest BCUT2D eigenvalue weighted by Gasteiger charge is -2.08. The maximum Gasteiger partial charge on any atom is 0.184 e. The predicted octanol–water partition coefficient (Wildman–Crippen LogP) is 2.52. The molecule has 0 spiro atoms. The summed E-state index contributed by atoms with van der Waals surface area (Å²) in [5.41, 5.74) is 5.14. The van der Waals surface area contributed by atoms with Gasteiger partial charge in [-0.1, -0.05) is 18.2 Å². The first-order chi connectivity index (χ1) is 8.92. The highest BCUT2D eigenvalue weighted by Crippen LogP contribution is 2.24. The SMILES string of the molecule is Nc1ccccc1S(=O)(=O)Cc1c(F)cccc1F. The lowest BCUT2D eigenvalue weighted by molar-refractivity contribution is 0.556. The van der Waals surface area contributed by atoms with Crippen LogP contribution in [0.25, 0.3) is 0 Å². The summed E-state index contributed by atoms with van der Waals surface area (Å²) in [6.45, 7) is 0. The van der Waals surface area contributed by atoms with Gasteiger partial charge in [0.25, 0.3) is 0 Å². The molecule has 2 aromatic carbocycles. The van der Waals surface area contributed by atoms with Crippen molar-refractivity contribution in [2.45, 2.75) is 10.6 Å². The van der Waals surface area contributed by atoms with Crippen LogP contribution < -0.4 is 5.73 Å². The Labute approximate surface area is 109 Å². The number of hydrogen-bond donors (Lipinski definition) is 1. The van der Waals surface area contributed by atoms with Gasteiger partial charge in [0, 0.05) is 5.56 Å². The van der Waals surface area contributed by atoms with Crippen molar-refractivity contribution < 1.29 is 17.2 Å². The van der Waals surface area contributed by atoms with Crippen molar-refractivity contribution in [2.75, 3.05) is 5.73 Å². The van der Waals surface area contributed by atoms with Crippen LogP contribution in [-0.4, -0.2) is 8.42 Å². The quantitative estimate of drug-likeness (QED) is 0.880. The molecule has 2 aromatic rings. The number of rotatable bonds is 3. The zero-order chi connectivity index (χ0) is 14.0. The van der Waals surface area contributed by atoms with Gasteiger partial charge in [0.2, 0.25) is 0 Å². The first-order valence-corrected chi connectivity index (χ1v) is 7.07. The Kier molecular flexibility index (Phi) is 3.53. The van der Waals surface area contributed by atoms with Crippen molar-refractivity contribution in [3.8, 4) is 0 Å². The number of hydrogen-bond acceptors (Lipinski definition) is 3. The number of sulfone groups is 1. The molecule has 0 aromatic heterocycles. The van der Waals surface area contributed by atoms with Crippen LogP contribution in [0.5, 0.6) is 0 Å². The van der Waals surface area contributed by atoms with Crippen LogP contribution in [0.2, 0.25) is 0 Å². The molecule has 100 valence electrons. The molecule has 3 nitrogen and oxygen atoms in total. The van der Waals surface area contributed by atoms with Gasteiger partial charge in [0.1, 0.15) is 11.6 Å². The fourth-order valence-electron chi connectivity index (χ4n) is 1.70. The molecule has 0 aliphatic rings. The van der Waals surface area contributed by atoms with E-state index in [1.165, 1.54) is 24.3 Å². The fourth-order valence-corrected chi connectivity index (χ4v) is 3.23. The van der Waals surface area contributed by atoms with E-state index < -0.39 is 32.8 Å². The molecule has 0 amide bonds. The number of nitrogens with two attached hydrogens (primary N) is 1. The Morgan fingerprint density at radius 3 is 2.11 bits per heavy atom. The van der Waals surface area contributed by atoms with Crippen molar-refractivity contribution in [1.82, 2.24) is 0 Å². The molecule has 0 saturated carbocycles. The van der Waals surface area contributed by atoms with Gasteiger partial charge < -0.3 is 5.73 Å². The minimum atomic E-state index is -3.89. The molecule has 19 heavy (non-hydrogen) atoms. The number of benzene rings is 2. The van der Waals surface area contributed by atoms with Gasteiger partial charge in [0.15, 0.2) is 9.84 Å². The highest BCUT2D eigenvalue weighted by Gasteiger charge is 2.22. The molecule has 0 fully saturated rings. The molecule has 0 aliphatic carbocycles. The number of anilines is 1. The molecule has 0 aliphatic heterocycles. The Morgan fingerprint density at radius 2 is 1.53 bits per heavy atom. The van der Waals surface area contributed by atoms with E-state index in [-0.39, 0.29) is 10.6 Å². The van der Waals surface area contributed by atoms with Gasteiger partial charge in [-0.2, -0.15) is 0 Å². The lowest BCUT2D eigenvalue weighted by atomic mass is 10.2. The van der Waals surface area contributed by atoms with E-state index in [0.717, 1.165) is 12.1 Å². The van der Waals surface area contributed by atoms with Crippen molar-refractivity contribution >= 4 is 15.5 Å². The van der Waals surface area contributed by atoms with Crippen LogP contribution in [0, 0.1) is 11.6 Å². The maximum absolute atomic E-state index is 13.5. The molecule has 2 rings (SSSR count). The lowest BCUT2D eigenvalue weighted by Crippen LogP contribution is -2.10. The minimum absolute atomic E-state index is 0.0549. The third-order valence-corrected chi connectivity index (χ3v) is 4.36.